The summed E-state index contributed by atoms with van der Waals surface area (Å²) >= 11 is 0. The van der Waals surface area contributed by atoms with Crippen molar-refractivity contribution in [3.8, 4) is 0 Å². The molecule has 1 heterocycles. The SMILES string of the molecule is Nc1ccc(Nc2ccc(C(F)(F)F)nc2)cc1C(=O)O. The third-order valence-corrected chi connectivity index (χ3v) is 2.63. The Morgan fingerprint density at radius 2 is 1.86 bits per heavy atom. The fraction of sp³-hybridized carbons (Fsp3) is 0.0769. The number of benzene rings is 1. The highest BCUT2D eigenvalue weighted by molar-refractivity contribution is 5.95. The van der Waals surface area contributed by atoms with E-state index < -0.39 is 17.8 Å². The third kappa shape index (κ3) is 3.41. The van der Waals surface area contributed by atoms with Gasteiger partial charge in [-0.15, -0.1) is 0 Å². The Morgan fingerprint density at radius 1 is 1.19 bits per heavy atom. The molecule has 8 heteroatoms. The molecule has 110 valence electrons. The molecule has 2 rings (SSSR count). The molecule has 0 amide bonds. The van der Waals surface area contributed by atoms with Gasteiger partial charge in [0.2, 0.25) is 0 Å². The number of nitrogens with zero attached hydrogens (tertiary/aromatic N) is 1. The van der Waals surface area contributed by atoms with Crippen LogP contribution in [0.15, 0.2) is 36.5 Å². The second kappa shape index (κ2) is 5.31. The zero-order chi connectivity index (χ0) is 15.6. The minimum absolute atomic E-state index is 0.0959. The first-order valence-electron chi connectivity index (χ1n) is 5.70. The molecular weight excluding hydrogens is 287 g/mol. The van der Waals surface area contributed by atoms with Crippen molar-refractivity contribution in [1.82, 2.24) is 4.98 Å². The highest BCUT2D eigenvalue weighted by atomic mass is 19.4. The van der Waals surface area contributed by atoms with Gasteiger partial charge in [-0.25, -0.2) is 9.78 Å². The lowest BCUT2D eigenvalue weighted by molar-refractivity contribution is -0.141. The normalized spacial score (nSPS) is 11.2. The van der Waals surface area contributed by atoms with Crippen molar-refractivity contribution in [2.24, 2.45) is 0 Å². The fourth-order valence-electron chi connectivity index (χ4n) is 1.62. The van der Waals surface area contributed by atoms with Gasteiger partial charge in [-0.05, 0) is 30.3 Å². The number of aromatic nitrogens is 1. The number of carboxylic acid groups (broad SMARTS) is 1. The van der Waals surface area contributed by atoms with Crippen molar-refractivity contribution in [2.75, 3.05) is 11.1 Å². The lowest BCUT2D eigenvalue weighted by atomic mass is 10.1. The van der Waals surface area contributed by atoms with Crippen LogP contribution in [0.25, 0.3) is 0 Å². The van der Waals surface area contributed by atoms with E-state index in [1.807, 2.05) is 0 Å². The second-order valence-corrected chi connectivity index (χ2v) is 4.16. The summed E-state index contributed by atoms with van der Waals surface area (Å²) in [7, 11) is 0. The van der Waals surface area contributed by atoms with Gasteiger partial charge < -0.3 is 16.2 Å². The second-order valence-electron chi connectivity index (χ2n) is 4.16. The molecule has 0 spiro atoms. The lowest BCUT2D eigenvalue weighted by Gasteiger charge is -2.10. The number of halogens is 3. The van der Waals surface area contributed by atoms with Crippen molar-refractivity contribution in [2.45, 2.75) is 6.18 Å². The minimum Gasteiger partial charge on any atom is -0.478 e. The van der Waals surface area contributed by atoms with Crippen LogP contribution < -0.4 is 11.1 Å². The Hall–Kier alpha value is -2.77. The maximum absolute atomic E-state index is 12.4. The number of nitrogen functional groups attached to an aromatic ring is 1. The molecule has 0 aliphatic heterocycles. The van der Waals surface area contributed by atoms with Crippen molar-refractivity contribution >= 4 is 23.0 Å². The number of aromatic carboxylic acids is 1. The molecule has 0 aliphatic rings. The van der Waals surface area contributed by atoms with E-state index in [9.17, 15) is 18.0 Å². The average Bonchev–Trinajstić information content (AvgIpc) is 2.40. The van der Waals surface area contributed by atoms with Crippen molar-refractivity contribution < 1.29 is 23.1 Å². The van der Waals surface area contributed by atoms with E-state index in [1.54, 1.807) is 0 Å². The van der Waals surface area contributed by atoms with E-state index >= 15 is 0 Å². The fourth-order valence-corrected chi connectivity index (χ4v) is 1.62. The van der Waals surface area contributed by atoms with Crippen LogP contribution in [0.2, 0.25) is 0 Å². The van der Waals surface area contributed by atoms with Gasteiger partial charge in [0.05, 0.1) is 17.4 Å². The summed E-state index contributed by atoms with van der Waals surface area (Å²) < 4.78 is 37.1. The number of nitrogens with two attached hydrogens (primary N) is 1. The first kappa shape index (κ1) is 14.6. The number of hydrogen-bond acceptors (Lipinski definition) is 4. The van der Waals surface area contributed by atoms with E-state index in [1.165, 1.54) is 24.3 Å². The van der Waals surface area contributed by atoms with Crippen molar-refractivity contribution in [3.63, 3.8) is 0 Å². The van der Waals surface area contributed by atoms with Crippen molar-refractivity contribution in [1.29, 1.82) is 0 Å². The molecule has 2 aromatic rings. The number of carboxylic acids is 1. The van der Waals surface area contributed by atoms with Gasteiger partial charge in [0.25, 0.3) is 0 Å². The molecule has 5 nitrogen and oxygen atoms in total. The molecular formula is C13H10F3N3O2. The number of alkyl halides is 3. The van der Waals surface area contributed by atoms with Gasteiger partial charge in [0.15, 0.2) is 0 Å². The van der Waals surface area contributed by atoms with Gasteiger partial charge in [-0.3, -0.25) is 0 Å². The van der Waals surface area contributed by atoms with E-state index in [2.05, 4.69) is 10.3 Å². The summed E-state index contributed by atoms with van der Waals surface area (Å²) in [6, 6.07) is 6.22. The van der Waals surface area contributed by atoms with Crippen LogP contribution in [0.3, 0.4) is 0 Å². The molecule has 0 fully saturated rings. The minimum atomic E-state index is -4.50. The maximum atomic E-state index is 12.4. The number of carbonyl (C=O) groups is 1. The maximum Gasteiger partial charge on any atom is 0.433 e. The molecule has 1 aromatic carbocycles. The predicted octanol–water partition coefficient (Wildman–Crippen LogP) is 3.12. The highest BCUT2D eigenvalue weighted by Gasteiger charge is 2.31. The Kier molecular flexibility index (Phi) is 3.70. The summed E-state index contributed by atoms with van der Waals surface area (Å²) in [5.41, 5.74) is 5.17. The summed E-state index contributed by atoms with van der Waals surface area (Å²) in [6.45, 7) is 0. The van der Waals surface area contributed by atoms with E-state index in [0.29, 0.717) is 11.4 Å². The summed E-state index contributed by atoms with van der Waals surface area (Å²) in [6.07, 6.45) is -3.49. The first-order chi connectivity index (χ1) is 9.77. The largest absolute Gasteiger partial charge is 0.478 e. The van der Waals surface area contributed by atoms with Crippen LogP contribution in [0.1, 0.15) is 16.1 Å². The van der Waals surface area contributed by atoms with Crippen LogP contribution in [-0.4, -0.2) is 16.1 Å². The topological polar surface area (TPSA) is 88.2 Å². The number of pyridine rings is 1. The Morgan fingerprint density at radius 3 is 2.38 bits per heavy atom. The first-order valence-corrected chi connectivity index (χ1v) is 5.70. The van der Waals surface area contributed by atoms with Gasteiger partial charge in [0, 0.05) is 11.4 Å². The number of nitrogens with one attached hydrogen (secondary N) is 1. The van der Waals surface area contributed by atoms with Crippen LogP contribution in [-0.2, 0) is 6.18 Å². The summed E-state index contributed by atoms with van der Waals surface area (Å²) in [4.78, 5) is 14.2. The summed E-state index contributed by atoms with van der Waals surface area (Å²) in [5, 5.41) is 11.7. The van der Waals surface area contributed by atoms with Crippen LogP contribution in [0.4, 0.5) is 30.2 Å². The van der Waals surface area contributed by atoms with Crippen molar-refractivity contribution in [3.05, 3.63) is 47.8 Å². The zero-order valence-corrected chi connectivity index (χ0v) is 10.5. The van der Waals surface area contributed by atoms with E-state index in [-0.39, 0.29) is 11.3 Å². The van der Waals surface area contributed by atoms with Crippen LogP contribution >= 0.6 is 0 Å². The molecule has 0 saturated heterocycles. The molecule has 21 heavy (non-hydrogen) atoms. The molecule has 1 aromatic heterocycles. The highest BCUT2D eigenvalue weighted by Crippen LogP contribution is 2.28. The van der Waals surface area contributed by atoms with E-state index in [0.717, 1.165) is 12.3 Å². The molecule has 4 N–H and O–H groups in total. The third-order valence-electron chi connectivity index (χ3n) is 2.63. The molecule has 0 atom stereocenters. The predicted molar refractivity (Wildman–Crippen MR) is 70.3 cm³/mol. The number of anilines is 3. The Bertz CT molecular complexity index is 669. The van der Waals surface area contributed by atoms with Crippen LogP contribution in [0, 0.1) is 0 Å². The average molecular weight is 297 g/mol. The Balaban J connectivity index is 2.22. The standard InChI is InChI=1S/C13H10F3N3O2/c14-13(15,16)11-4-2-8(6-18-11)19-7-1-3-10(17)9(5-7)12(20)21/h1-6,19H,17H2,(H,20,21). The number of rotatable bonds is 3. The molecule has 0 bridgehead atoms. The van der Waals surface area contributed by atoms with Gasteiger partial charge >= 0.3 is 12.1 Å². The van der Waals surface area contributed by atoms with Gasteiger partial charge in [-0.1, -0.05) is 0 Å². The van der Waals surface area contributed by atoms with Crippen LogP contribution in [0.5, 0.6) is 0 Å². The molecule has 0 saturated carbocycles. The molecule has 0 aliphatic carbocycles. The van der Waals surface area contributed by atoms with Gasteiger partial charge in [-0.2, -0.15) is 13.2 Å². The summed E-state index contributed by atoms with van der Waals surface area (Å²) in [5.74, 6) is -1.19. The lowest BCUT2D eigenvalue weighted by Crippen LogP contribution is -2.07. The van der Waals surface area contributed by atoms with Gasteiger partial charge in [0.1, 0.15) is 5.69 Å². The van der Waals surface area contributed by atoms with E-state index in [4.69, 9.17) is 10.8 Å². The molecule has 0 unspecified atom stereocenters. The smallest absolute Gasteiger partial charge is 0.433 e. The number of hydrogen-bond donors (Lipinski definition) is 3. The molecule has 0 radical (unpaired) electrons. The Labute approximate surface area is 117 Å². The quantitative estimate of drug-likeness (QED) is 0.757. The monoisotopic (exact) mass is 297 g/mol. The zero-order valence-electron chi connectivity index (χ0n) is 10.5.